The summed E-state index contributed by atoms with van der Waals surface area (Å²) < 4.78 is 5.72. The molecule has 0 radical (unpaired) electrons. The molecular weight excluding hydrogens is 238 g/mol. The number of carbonyl (C=O) groups excluding carboxylic acids is 1. The van der Waals surface area contributed by atoms with Crippen molar-refractivity contribution in [2.75, 3.05) is 7.05 Å². The molecule has 0 spiro atoms. The molecule has 3 heteroatoms. The van der Waals surface area contributed by atoms with Gasteiger partial charge in [-0.05, 0) is 45.6 Å². The molecular formula is C16H29NO2. The van der Waals surface area contributed by atoms with Crippen molar-refractivity contribution in [3.63, 3.8) is 0 Å². The van der Waals surface area contributed by atoms with Crippen molar-refractivity contribution >= 4 is 5.97 Å². The van der Waals surface area contributed by atoms with E-state index in [1.165, 1.54) is 44.9 Å². The monoisotopic (exact) mass is 267 g/mol. The number of esters is 1. The molecule has 0 atom stereocenters. The molecule has 2 fully saturated rings. The lowest BCUT2D eigenvalue weighted by molar-refractivity contribution is -0.151. The first kappa shape index (κ1) is 14.8. The van der Waals surface area contributed by atoms with Crippen LogP contribution < -0.4 is 5.32 Å². The fraction of sp³-hybridized carbons (Fsp3) is 0.938. The summed E-state index contributed by atoms with van der Waals surface area (Å²) in [7, 11) is 1.99. The predicted molar refractivity (Wildman–Crippen MR) is 77.1 cm³/mol. The van der Waals surface area contributed by atoms with Crippen molar-refractivity contribution in [3.8, 4) is 0 Å². The van der Waals surface area contributed by atoms with E-state index in [-0.39, 0.29) is 17.6 Å². The topological polar surface area (TPSA) is 38.3 Å². The Labute approximate surface area is 117 Å². The normalized spacial score (nSPS) is 24.7. The van der Waals surface area contributed by atoms with Crippen molar-refractivity contribution in [2.45, 2.75) is 88.7 Å². The van der Waals surface area contributed by atoms with Gasteiger partial charge in [0.25, 0.3) is 0 Å². The Morgan fingerprint density at radius 2 is 1.63 bits per heavy atom. The van der Waals surface area contributed by atoms with E-state index in [4.69, 9.17) is 4.74 Å². The van der Waals surface area contributed by atoms with Gasteiger partial charge in [-0.1, -0.05) is 32.1 Å². The van der Waals surface area contributed by atoms with Crippen LogP contribution in [0.3, 0.4) is 0 Å². The van der Waals surface area contributed by atoms with Crippen LogP contribution in [-0.2, 0) is 9.53 Å². The Balaban J connectivity index is 1.81. The molecule has 2 aliphatic carbocycles. The fourth-order valence-electron chi connectivity index (χ4n) is 3.61. The van der Waals surface area contributed by atoms with Crippen molar-refractivity contribution in [1.29, 1.82) is 0 Å². The van der Waals surface area contributed by atoms with Crippen LogP contribution in [0.1, 0.15) is 77.0 Å². The molecule has 2 aliphatic rings. The summed E-state index contributed by atoms with van der Waals surface area (Å²) in [6.45, 7) is 0. The summed E-state index contributed by atoms with van der Waals surface area (Å²) >= 11 is 0. The van der Waals surface area contributed by atoms with Crippen LogP contribution in [0.2, 0.25) is 0 Å². The maximum atomic E-state index is 12.2. The highest BCUT2D eigenvalue weighted by Gasteiger charge is 2.33. The average Bonchev–Trinajstić information content (AvgIpc) is 2.68. The van der Waals surface area contributed by atoms with Crippen LogP contribution in [0, 0.1) is 0 Å². The van der Waals surface area contributed by atoms with Crippen LogP contribution in [0.5, 0.6) is 0 Å². The lowest BCUT2D eigenvalue weighted by atomic mass is 9.79. The van der Waals surface area contributed by atoms with Gasteiger partial charge in [-0.3, -0.25) is 4.79 Å². The molecule has 0 aliphatic heterocycles. The number of carbonyl (C=O) groups is 1. The molecule has 0 amide bonds. The van der Waals surface area contributed by atoms with Gasteiger partial charge in [-0.15, -0.1) is 0 Å². The van der Waals surface area contributed by atoms with E-state index in [9.17, 15) is 4.79 Å². The molecule has 0 aromatic heterocycles. The SMILES string of the molecule is CNC1(CC(=O)OC2CCCCCC2)CCCCC1. The first-order valence-electron chi connectivity index (χ1n) is 8.12. The van der Waals surface area contributed by atoms with E-state index in [1.807, 2.05) is 7.05 Å². The second kappa shape index (κ2) is 7.28. The molecule has 19 heavy (non-hydrogen) atoms. The van der Waals surface area contributed by atoms with Crippen LogP contribution in [0.25, 0.3) is 0 Å². The van der Waals surface area contributed by atoms with Crippen molar-refractivity contribution in [2.24, 2.45) is 0 Å². The zero-order valence-corrected chi connectivity index (χ0v) is 12.4. The first-order chi connectivity index (χ1) is 9.24. The Morgan fingerprint density at radius 3 is 2.21 bits per heavy atom. The number of hydrogen-bond donors (Lipinski definition) is 1. The molecule has 1 N–H and O–H groups in total. The summed E-state index contributed by atoms with van der Waals surface area (Å²) in [6.07, 6.45) is 13.9. The fourth-order valence-corrected chi connectivity index (χ4v) is 3.61. The Kier molecular flexibility index (Phi) is 5.68. The van der Waals surface area contributed by atoms with Crippen LogP contribution in [0.15, 0.2) is 0 Å². The minimum atomic E-state index is 0.0140. The molecule has 0 unspecified atom stereocenters. The molecule has 110 valence electrons. The van der Waals surface area contributed by atoms with Gasteiger partial charge >= 0.3 is 5.97 Å². The summed E-state index contributed by atoms with van der Waals surface area (Å²) in [5, 5.41) is 3.40. The highest BCUT2D eigenvalue weighted by Crippen LogP contribution is 2.31. The van der Waals surface area contributed by atoms with Gasteiger partial charge in [0, 0.05) is 5.54 Å². The first-order valence-corrected chi connectivity index (χ1v) is 8.12. The van der Waals surface area contributed by atoms with Gasteiger partial charge in [0.05, 0.1) is 6.42 Å². The smallest absolute Gasteiger partial charge is 0.307 e. The highest BCUT2D eigenvalue weighted by atomic mass is 16.5. The molecule has 0 bridgehead atoms. The number of hydrogen-bond acceptors (Lipinski definition) is 3. The molecule has 2 rings (SSSR count). The Bertz CT molecular complexity index is 276. The van der Waals surface area contributed by atoms with Crippen molar-refractivity contribution < 1.29 is 9.53 Å². The van der Waals surface area contributed by atoms with Gasteiger partial charge < -0.3 is 10.1 Å². The van der Waals surface area contributed by atoms with E-state index < -0.39 is 0 Å². The van der Waals surface area contributed by atoms with Crippen molar-refractivity contribution in [1.82, 2.24) is 5.32 Å². The van der Waals surface area contributed by atoms with E-state index in [2.05, 4.69) is 5.32 Å². The second-order valence-electron chi connectivity index (χ2n) is 6.37. The Hall–Kier alpha value is -0.570. The van der Waals surface area contributed by atoms with Gasteiger partial charge in [-0.25, -0.2) is 0 Å². The molecule has 0 aromatic rings. The lowest BCUT2D eigenvalue weighted by Gasteiger charge is -2.36. The van der Waals surface area contributed by atoms with E-state index >= 15 is 0 Å². The average molecular weight is 267 g/mol. The Morgan fingerprint density at radius 1 is 1.05 bits per heavy atom. The van der Waals surface area contributed by atoms with Gasteiger partial charge in [0.15, 0.2) is 0 Å². The van der Waals surface area contributed by atoms with Gasteiger partial charge in [-0.2, -0.15) is 0 Å². The third-order valence-electron chi connectivity index (χ3n) is 4.92. The summed E-state index contributed by atoms with van der Waals surface area (Å²) in [4.78, 5) is 12.2. The zero-order valence-electron chi connectivity index (χ0n) is 12.4. The highest BCUT2D eigenvalue weighted by molar-refractivity contribution is 5.71. The van der Waals surface area contributed by atoms with Crippen molar-refractivity contribution in [3.05, 3.63) is 0 Å². The summed E-state index contributed by atoms with van der Waals surface area (Å²) in [6, 6.07) is 0. The predicted octanol–water partition coefficient (Wildman–Crippen LogP) is 3.56. The van der Waals surface area contributed by atoms with Crippen LogP contribution >= 0.6 is 0 Å². The zero-order chi connectivity index (χ0) is 13.6. The third-order valence-corrected chi connectivity index (χ3v) is 4.92. The lowest BCUT2D eigenvalue weighted by Crippen LogP contribution is -2.46. The van der Waals surface area contributed by atoms with Gasteiger partial charge in [0.1, 0.15) is 6.10 Å². The van der Waals surface area contributed by atoms with Crippen LogP contribution in [0.4, 0.5) is 0 Å². The summed E-state index contributed by atoms with van der Waals surface area (Å²) in [5.74, 6) is 0.0168. The molecule has 0 aromatic carbocycles. The van der Waals surface area contributed by atoms with E-state index in [1.54, 1.807) is 0 Å². The van der Waals surface area contributed by atoms with E-state index in [0.717, 1.165) is 25.7 Å². The van der Waals surface area contributed by atoms with Gasteiger partial charge in [0.2, 0.25) is 0 Å². The number of nitrogens with one attached hydrogen (secondary N) is 1. The second-order valence-corrected chi connectivity index (χ2v) is 6.37. The quantitative estimate of drug-likeness (QED) is 0.625. The minimum absolute atomic E-state index is 0.0140. The van der Waals surface area contributed by atoms with Crippen LogP contribution in [-0.4, -0.2) is 24.7 Å². The molecule has 2 saturated carbocycles. The van der Waals surface area contributed by atoms with E-state index in [0.29, 0.717) is 6.42 Å². The molecule has 3 nitrogen and oxygen atoms in total. The maximum absolute atomic E-state index is 12.2. The summed E-state index contributed by atoms with van der Waals surface area (Å²) in [5.41, 5.74) is 0.0140. The largest absolute Gasteiger partial charge is 0.462 e. The minimum Gasteiger partial charge on any atom is -0.462 e. The molecule has 0 saturated heterocycles. The maximum Gasteiger partial charge on any atom is 0.307 e. The number of rotatable bonds is 4. The standard InChI is InChI=1S/C16H29NO2/c1-17-16(11-7-4-8-12-16)13-15(18)19-14-9-5-2-3-6-10-14/h14,17H,2-13H2,1H3. The number of ether oxygens (including phenoxy) is 1. The third kappa shape index (κ3) is 4.48. The molecule has 0 heterocycles.